The highest BCUT2D eigenvalue weighted by Gasteiger charge is 2.22. The highest BCUT2D eigenvalue weighted by molar-refractivity contribution is 7.99. The first kappa shape index (κ1) is 24.1. The van der Waals surface area contributed by atoms with Crippen molar-refractivity contribution in [2.45, 2.75) is 38.1 Å². The molecular formula is C23H22N6O5S. The Hall–Kier alpha value is -4.06. The van der Waals surface area contributed by atoms with Gasteiger partial charge in [-0.3, -0.25) is 19.7 Å². The van der Waals surface area contributed by atoms with Crippen LogP contribution in [0.25, 0.3) is 22.1 Å². The summed E-state index contributed by atoms with van der Waals surface area (Å²) >= 11 is 1.08. The number of nitrogens with one attached hydrogen (secondary N) is 1. The summed E-state index contributed by atoms with van der Waals surface area (Å²) in [5.41, 5.74) is 2.67. The smallest absolute Gasteiger partial charge is 0.317 e. The van der Waals surface area contributed by atoms with E-state index in [0.717, 1.165) is 22.7 Å². The molecule has 0 aliphatic heterocycles. The number of carbonyl (C=O) groups is 2. The lowest BCUT2D eigenvalue weighted by molar-refractivity contribution is -0.384. The van der Waals surface area contributed by atoms with Crippen LogP contribution in [-0.2, 0) is 20.9 Å². The predicted octanol–water partition coefficient (Wildman–Crippen LogP) is 3.96. The number of amides is 1. The van der Waals surface area contributed by atoms with Crippen molar-refractivity contribution < 1.29 is 19.2 Å². The summed E-state index contributed by atoms with van der Waals surface area (Å²) in [7, 11) is 0. The number of aromatic nitrogens is 4. The minimum atomic E-state index is -1.01. The second-order valence-electron chi connectivity index (χ2n) is 7.50. The molecule has 4 rings (SSSR count). The Bertz CT molecular complexity index is 1410. The molecule has 0 fully saturated rings. The SMILES string of the molecule is CCC(OC(=O)CSc1nnc2c3ccccc3n(CC)c2n1)C(=O)Nc1ccc([N+](=O)[O-])cc1. The van der Waals surface area contributed by atoms with Crippen LogP contribution in [0.1, 0.15) is 20.3 Å². The third-order valence-electron chi connectivity index (χ3n) is 5.27. The Morgan fingerprint density at radius 2 is 1.89 bits per heavy atom. The van der Waals surface area contributed by atoms with Gasteiger partial charge in [0.15, 0.2) is 11.8 Å². The summed E-state index contributed by atoms with van der Waals surface area (Å²) in [4.78, 5) is 39.7. The fraction of sp³-hybridized carbons (Fsp3) is 0.261. The number of non-ortho nitro benzene ring substituents is 1. The molecule has 180 valence electrons. The Labute approximate surface area is 204 Å². The molecule has 0 saturated heterocycles. The van der Waals surface area contributed by atoms with Gasteiger partial charge < -0.3 is 14.6 Å². The average molecular weight is 495 g/mol. The standard InChI is InChI=1S/C23H22N6O5S/c1-3-18(22(31)24-14-9-11-15(12-10-14)29(32)33)34-19(30)13-35-23-25-21-20(26-27-23)16-7-5-6-8-17(16)28(21)4-2/h5-12,18H,3-4,13H2,1-2H3,(H,24,31). The fourth-order valence-corrected chi connectivity index (χ4v) is 4.16. The zero-order valence-electron chi connectivity index (χ0n) is 19.0. The Morgan fingerprint density at radius 3 is 2.57 bits per heavy atom. The molecule has 12 heteroatoms. The molecule has 0 radical (unpaired) electrons. The van der Waals surface area contributed by atoms with Crippen molar-refractivity contribution in [3.63, 3.8) is 0 Å². The summed E-state index contributed by atoms with van der Waals surface area (Å²) in [5, 5.41) is 23.1. The minimum Gasteiger partial charge on any atom is -0.452 e. The third kappa shape index (κ3) is 5.22. The average Bonchev–Trinajstić information content (AvgIpc) is 3.19. The molecule has 1 amide bonds. The first-order chi connectivity index (χ1) is 16.9. The van der Waals surface area contributed by atoms with E-state index in [1.807, 2.05) is 35.8 Å². The number of ether oxygens (including phenoxy) is 1. The van der Waals surface area contributed by atoms with Gasteiger partial charge in [-0.25, -0.2) is 4.98 Å². The molecule has 2 heterocycles. The molecule has 11 nitrogen and oxygen atoms in total. The maximum atomic E-state index is 12.5. The summed E-state index contributed by atoms with van der Waals surface area (Å²) < 4.78 is 7.38. The van der Waals surface area contributed by atoms with Gasteiger partial charge in [-0.15, -0.1) is 10.2 Å². The van der Waals surface area contributed by atoms with Crippen molar-refractivity contribution in [1.82, 2.24) is 19.7 Å². The zero-order valence-corrected chi connectivity index (χ0v) is 19.8. The molecule has 2 aromatic carbocycles. The van der Waals surface area contributed by atoms with E-state index in [4.69, 9.17) is 4.74 Å². The largest absolute Gasteiger partial charge is 0.452 e. The monoisotopic (exact) mass is 494 g/mol. The zero-order chi connectivity index (χ0) is 24.9. The van der Waals surface area contributed by atoms with Crippen molar-refractivity contribution in [3.05, 3.63) is 58.6 Å². The highest BCUT2D eigenvalue weighted by atomic mass is 32.2. The number of carbonyl (C=O) groups excluding carboxylic acids is 2. The van der Waals surface area contributed by atoms with Crippen LogP contribution in [-0.4, -0.2) is 48.4 Å². The van der Waals surface area contributed by atoms with Crippen molar-refractivity contribution in [2.75, 3.05) is 11.1 Å². The number of hydrogen-bond donors (Lipinski definition) is 1. The van der Waals surface area contributed by atoms with Gasteiger partial charge in [0.05, 0.1) is 16.2 Å². The lowest BCUT2D eigenvalue weighted by Crippen LogP contribution is -2.32. The molecule has 0 bridgehead atoms. The van der Waals surface area contributed by atoms with Crippen molar-refractivity contribution in [2.24, 2.45) is 0 Å². The summed E-state index contributed by atoms with van der Waals surface area (Å²) in [6, 6.07) is 13.2. The van der Waals surface area contributed by atoms with E-state index < -0.39 is 22.9 Å². The second-order valence-corrected chi connectivity index (χ2v) is 8.44. The number of para-hydroxylation sites is 1. The molecule has 0 aliphatic rings. The third-order valence-corrected chi connectivity index (χ3v) is 6.08. The quantitative estimate of drug-likeness (QED) is 0.158. The number of benzene rings is 2. The van der Waals surface area contributed by atoms with Crippen LogP contribution in [0.3, 0.4) is 0 Å². The van der Waals surface area contributed by atoms with Crippen LogP contribution in [0, 0.1) is 10.1 Å². The lowest BCUT2D eigenvalue weighted by atomic mass is 10.2. The van der Waals surface area contributed by atoms with Gasteiger partial charge in [0.2, 0.25) is 5.16 Å². The topological polar surface area (TPSA) is 142 Å². The van der Waals surface area contributed by atoms with Gasteiger partial charge in [0, 0.05) is 29.8 Å². The fourth-order valence-electron chi connectivity index (χ4n) is 3.60. The molecule has 0 spiro atoms. The number of esters is 1. The molecule has 0 saturated carbocycles. The predicted molar refractivity (Wildman–Crippen MR) is 131 cm³/mol. The van der Waals surface area contributed by atoms with Gasteiger partial charge in [-0.2, -0.15) is 0 Å². The summed E-state index contributed by atoms with van der Waals surface area (Å²) in [6.07, 6.45) is -0.752. The maximum absolute atomic E-state index is 12.5. The Balaban J connectivity index is 1.38. The highest BCUT2D eigenvalue weighted by Crippen LogP contribution is 2.27. The van der Waals surface area contributed by atoms with Crippen LogP contribution < -0.4 is 5.32 Å². The first-order valence-electron chi connectivity index (χ1n) is 10.9. The van der Waals surface area contributed by atoms with E-state index in [9.17, 15) is 19.7 Å². The number of anilines is 1. The van der Waals surface area contributed by atoms with E-state index in [2.05, 4.69) is 20.5 Å². The van der Waals surface area contributed by atoms with Gasteiger partial charge in [-0.05, 0) is 31.5 Å². The number of nitrogens with zero attached hydrogens (tertiary/aromatic N) is 5. The number of nitro groups is 1. The Kier molecular flexibility index (Phi) is 7.20. The van der Waals surface area contributed by atoms with E-state index in [1.165, 1.54) is 24.3 Å². The molecule has 1 atom stereocenters. The van der Waals surface area contributed by atoms with Crippen LogP contribution in [0.2, 0.25) is 0 Å². The first-order valence-corrected chi connectivity index (χ1v) is 11.9. The van der Waals surface area contributed by atoms with E-state index in [-0.39, 0.29) is 17.9 Å². The van der Waals surface area contributed by atoms with Crippen LogP contribution in [0.5, 0.6) is 0 Å². The molecule has 35 heavy (non-hydrogen) atoms. The molecular weight excluding hydrogens is 472 g/mol. The minimum absolute atomic E-state index is 0.0901. The molecule has 4 aromatic rings. The number of thioether (sulfide) groups is 1. The molecule has 0 aliphatic carbocycles. The molecule has 1 unspecified atom stereocenters. The van der Waals surface area contributed by atoms with Gasteiger partial charge in [-0.1, -0.05) is 36.9 Å². The number of aryl methyl sites for hydroxylation is 1. The van der Waals surface area contributed by atoms with E-state index >= 15 is 0 Å². The van der Waals surface area contributed by atoms with E-state index in [1.54, 1.807) is 6.92 Å². The van der Waals surface area contributed by atoms with Crippen LogP contribution in [0.15, 0.2) is 53.7 Å². The Morgan fingerprint density at radius 1 is 1.14 bits per heavy atom. The van der Waals surface area contributed by atoms with Crippen molar-refractivity contribution in [1.29, 1.82) is 0 Å². The second kappa shape index (κ2) is 10.5. The number of rotatable bonds is 9. The van der Waals surface area contributed by atoms with Gasteiger partial charge >= 0.3 is 5.97 Å². The summed E-state index contributed by atoms with van der Waals surface area (Å²) in [6.45, 7) is 4.44. The number of nitro benzene ring substituents is 1. The lowest BCUT2D eigenvalue weighted by Gasteiger charge is -2.15. The number of fused-ring (bicyclic) bond motifs is 3. The van der Waals surface area contributed by atoms with Crippen molar-refractivity contribution >= 4 is 57.1 Å². The maximum Gasteiger partial charge on any atom is 0.317 e. The van der Waals surface area contributed by atoms with Gasteiger partial charge in [0.1, 0.15) is 5.52 Å². The molecule has 1 N–H and O–H groups in total. The number of hydrogen-bond acceptors (Lipinski definition) is 9. The van der Waals surface area contributed by atoms with Crippen LogP contribution >= 0.6 is 11.8 Å². The molecule has 2 aromatic heterocycles. The van der Waals surface area contributed by atoms with Gasteiger partial charge in [0.25, 0.3) is 11.6 Å². The normalized spacial score (nSPS) is 11.9. The van der Waals surface area contributed by atoms with Crippen LogP contribution in [0.4, 0.5) is 11.4 Å². The van der Waals surface area contributed by atoms with E-state index in [0.29, 0.717) is 28.6 Å². The van der Waals surface area contributed by atoms with Crippen molar-refractivity contribution in [3.8, 4) is 0 Å². The summed E-state index contributed by atoms with van der Waals surface area (Å²) in [5.74, 6) is -1.21.